The number of hydrogen-bond donors (Lipinski definition) is 3. The Morgan fingerprint density at radius 3 is 2.58 bits per heavy atom. The monoisotopic (exact) mass is 260 g/mol. The van der Waals surface area contributed by atoms with E-state index in [9.17, 15) is 4.79 Å². The predicted molar refractivity (Wildman–Crippen MR) is 73.1 cm³/mol. The van der Waals surface area contributed by atoms with Gasteiger partial charge in [0.2, 0.25) is 0 Å². The second kappa shape index (κ2) is 5.90. The lowest BCUT2D eigenvalue weighted by molar-refractivity contribution is 0.187. The molecule has 0 fully saturated rings. The number of aryl methyl sites for hydroxylation is 1. The van der Waals surface area contributed by atoms with Gasteiger partial charge in [0, 0.05) is 11.4 Å². The van der Waals surface area contributed by atoms with Gasteiger partial charge in [0.15, 0.2) is 0 Å². The van der Waals surface area contributed by atoms with Crippen LogP contribution in [0.2, 0.25) is 0 Å². The van der Waals surface area contributed by atoms with Crippen LogP contribution in [0.1, 0.15) is 11.5 Å². The lowest BCUT2D eigenvalue weighted by atomic mass is 10.3. The van der Waals surface area contributed by atoms with Gasteiger partial charge in [-0.1, -0.05) is 0 Å². The van der Waals surface area contributed by atoms with Crippen LogP contribution in [-0.2, 0) is 11.3 Å². The Kier molecular flexibility index (Phi) is 4.02. The van der Waals surface area contributed by atoms with Crippen LogP contribution in [0.5, 0.6) is 0 Å². The molecule has 0 radical (unpaired) electrons. The molecule has 1 aromatic carbocycles. The van der Waals surface area contributed by atoms with Gasteiger partial charge in [0.05, 0.1) is 25.5 Å². The van der Waals surface area contributed by atoms with Gasteiger partial charge in [0.25, 0.3) is 0 Å². The molecule has 3 N–H and O–H groups in total. The van der Waals surface area contributed by atoms with Gasteiger partial charge in [-0.05, 0) is 31.2 Å². The molecule has 19 heavy (non-hydrogen) atoms. The number of carbonyl (C=O) groups excluding carboxylic acids is 1. The Morgan fingerprint density at radius 1 is 1.32 bits per heavy atom. The number of hydrogen-bond acceptors (Lipinski definition) is 4. The number of imidazole rings is 1. The Morgan fingerprint density at radius 2 is 2.00 bits per heavy atom. The topological polar surface area (TPSA) is 79.0 Å². The number of H-pyrrole nitrogens is 1. The summed E-state index contributed by atoms with van der Waals surface area (Å²) in [7, 11) is 1.33. The highest BCUT2D eigenvalue weighted by molar-refractivity contribution is 5.84. The molecule has 0 spiro atoms. The summed E-state index contributed by atoms with van der Waals surface area (Å²) in [6.07, 6.45) is 1.32. The van der Waals surface area contributed by atoms with Crippen molar-refractivity contribution < 1.29 is 9.53 Å². The minimum Gasteiger partial charge on any atom is -0.453 e. The summed E-state index contributed by atoms with van der Waals surface area (Å²) in [5, 5.41) is 5.84. The summed E-state index contributed by atoms with van der Waals surface area (Å²) >= 11 is 0. The van der Waals surface area contributed by atoms with Crippen LogP contribution < -0.4 is 10.6 Å². The second-order valence-electron chi connectivity index (χ2n) is 4.04. The minimum absolute atomic E-state index is 0.478. The van der Waals surface area contributed by atoms with Crippen LogP contribution in [-0.4, -0.2) is 23.2 Å². The molecule has 0 bridgehead atoms. The molecule has 1 aromatic heterocycles. The van der Waals surface area contributed by atoms with Crippen LogP contribution in [0.25, 0.3) is 0 Å². The van der Waals surface area contributed by atoms with Gasteiger partial charge in [-0.15, -0.1) is 0 Å². The molecule has 0 saturated heterocycles. The smallest absolute Gasteiger partial charge is 0.411 e. The summed E-state index contributed by atoms with van der Waals surface area (Å²) in [5.41, 5.74) is 2.67. The first-order valence-electron chi connectivity index (χ1n) is 5.87. The lowest BCUT2D eigenvalue weighted by Gasteiger charge is -2.07. The van der Waals surface area contributed by atoms with Crippen molar-refractivity contribution in [3.05, 3.63) is 42.0 Å². The van der Waals surface area contributed by atoms with Gasteiger partial charge >= 0.3 is 6.09 Å². The van der Waals surface area contributed by atoms with E-state index in [1.165, 1.54) is 7.11 Å². The maximum absolute atomic E-state index is 11.0. The number of amides is 1. The number of anilines is 2. The largest absolute Gasteiger partial charge is 0.453 e. The van der Waals surface area contributed by atoms with E-state index in [1.54, 1.807) is 18.3 Å². The van der Waals surface area contributed by atoms with Crippen LogP contribution in [0.3, 0.4) is 0 Å². The number of rotatable bonds is 4. The third-order valence-electron chi connectivity index (χ3n) is 2.56. The van der Waals surface area contributed by atoms with Gasteiger partial charge in [-0.3, -0.25) is 5.32 Å². The van der Waals surface area contributed by atoms with E-state index in [0.717, 1.165) is 17.2 Å². The van der Waals surface area contributed by atoms with E-state index < -0.39 is 6.09 Å². The highest BCUT2D eigenvalue weighted by Gasteiger charge is 2.01. The molecule has 0 saturated carbocycles. The Bertz CT molecular complexity index is 548. The number of benzene rings is 1. The zero-order valence-electron chi connectivity index (χ0n) is 10.9. The summed E-state index contributed by atoms with van der Waals surface area (Å²) in [5.74, 6) is 0.898. The van der Waals surface area contributed by atoms with E-state index in [-0.39, 0.29) is 0 Å². The maximum Gasteiger partial charge on any atom is 0.411 e. The quantitative estimate of drug-likeness (QED) is 0.789. The molecule has 0 unspecified atom stereocenters. The molecule has 0 aliphatic carbocycles. The fraction of sp³-hybridized carbons (Fsp3) is 0.231. The molecule has 0 aliphatic rings. The normalized spacial score (nSPS) is 10.0. The number of carbonyl (C=O) groups is 1. The molecule has 2 rings (SSSR count). The SMILES string of the molecule is COC(=O)Nc1ccc(NCc2cnc(C)[nH]2)cc1. The Labute approximate surface area is 111 Å². The Hall–Kier alpha value is -2.50. The third kappa shape index (κ3) is 3.74. The molecule has 1 heterocycles. The van der Waals surface area contributed by atoms with Crippen LogP contribution in [0.15, 0.2) is 30.5 Å². The van der Waals surface area contributed by atoms with Crippen molar-refractivity contribution in [1.82, 2.24) is 9.97 Å². The van der Waals surface area contributed by atoms with E-state index in [0.29, 0.717) is 12.2 Å². The van der Waals surface area contributed by atoms with Crippen molar-refractivity contribution in [1.29, 1.82) is 0 Å². The number of nitrogens with one attached hydrogen (secondary N) is 3. The predicted octanol–water partition coefficient (Wildman–Crippen LogP) is 2.51. The van der Waals surface area contributed by atoms with Gasteiger partial charge in [0.1, 0.15) is 5.82 Å². The molecular weight excluding hydrogens is 244 g/mol. The van der Waals surface area contributed by atoms with E-state index in [4.69, 9.17) is 0 Å². The van der Waals surface area contributed by atoms with Crippen molar-refractivity contribution >= 4 is 17.5 Å². The highest BCUT2D eigenvalue weighted by Crippen LogP contribution is 2.14. The Balaban J connectivity index is 1.89. The van der Waals surface area contributed by atoms with Gasteiger partial charge in [-0.25, -0.2) is 9.78 Å². The number of methoxy groups -OCH3 is 1. The first kappa shape index (κ1) is 12.9. The van der Waals surface area contributed by atoms with E-state index in [2.05, 4.69) is 25.3 Å². The van der Waals surface area contributed by atoms with Crippen LogP contribution in [0, 0.1) is 6.92 Å². The molecule has 6 nitrogen and oxygen atoms in total. The number of nitrogens with zero attached hydrogens (tertiary/aromatic N) is 1. The van der Waals surface area contributed by atoms with E-state index in [1.807, 2.05) is 19.1 Å². The number of aromatic amines is 1. The molecule has 1 amide bonds. The zero-order valence-corrected chi connectivity index (χ0v) is 10.9. The average molecular weight is 260 g/mol. The summed E-state index contributed by atoms with van der Waals surface area (Å²) in [6, 6.07) is 7.37. The van der Waals surface area contributed by atoms with Crippen LogP contribution in [0.4, 0.5) is 16.2 Å². The van der Waals surface area contributed by atoms with Crippen molar-refractivity contribution in [3.63, 3.8) is 0 Å². The minimum atomic E-state index is -0.478. The third-order valence-corrected chi connectivity index (χ3v) is 2.56. The highest BCUT2D eigenvalue weighted by atomic mass is 16.5. The first-order chi connectivity index (χ1) is 9.17. The zero-order chi connectivity index (χ0) is 13.7. The summed E-state index contributed by atoms with van der Waals surface area (Å²) < 4.78 is 4.52. The maximum atomic E-state index is 11.0. The second-order valence-corrected chi connectivity index (χ2v) is 4.04. The summed E-state index contributed by atoms with van der Waals surface area (Å²) in [6.45, 7) is 2.58. The van der Waals surface area contributed by atoms with Crippen molar-refractivity contribution in [2.75, 3.05) is 17.7 Å². The van der Waals surface area contributed by atoms with Crippen molar-refractivity contribution in [2.24, 2.45) is 0 Å². The van der Waals surface area contributed by atoms with Crippen molar-refractivity contribution in [2.45, 2.75) is 13.5 Å². The number of ether oxygens (including phenoxy) is 1. The lowest BCUT2D eigenvalue weighted by Crippen LogP contribution is -2.10. The van der Waals surface area contributed by atoms with Gasteiger partial charge < -0.3 is 15.0 Å². The average Bonchev–Trinajstić information content (AvgIpc) is 2.83. The number of aromatic nitrogens is 2. The molecule has 100 valence electrons. The van der Waals surface area contributed by atoms with Gasteiger partial charge in [-0.2, -0.15) is 0 Å². The van der Waals surface area contributed by atoms with Crippen LogP contribution >= 0.6 is 0 Å². The molecule has 2 aromatic rings. The molecule has 0 aliphatic heterocycles. The van der Waals surface area contributed by atoms with Crippen molar-refractivity contribution in [3.8, 4) is 0 Å². The molecule has 6 heteroatoms. The molecular formula is C13H16N4O2. The molecule has 0 atom stereocenters. The van der Waals surface area contributed by atoms with E-state index >= 15 is 0 Å². The fourth-order valence-corrected chi connectivity index (χ4v) is 1.60. The fourth-order valence-electron chi connectivity index (χ4n) is 1.60. The standard InChI is InChI=1S/C13H16N4O2/c1-9-14-7-12(16-9)8-15-10-3-5-11(6-4-10)17-13(18)19-2/h3-7,15H,8H2,1-2H3,(H,14,16)(H,17,18). The summed E-state index contributed by atoms with van der Waals surface area (Å²) in [4.78, 5) is 18.3. The first-order valence-corrected chi connectivity index (χ1v) is 5.87.